The Morgan fingerprint density at radius 2 is 2.00 bits per heavy atom. The van der Waals surface area contributed by atoms with Gasteiger partial charge in [-0.3, -0.25) is 4.74 Å². The summed E-state index contributed by atoms with van der Waals surface area (Å²) >= 11 is 0. The number of alkyl halides is 3. The normalized spacial score (nSPS) is 11.2. The highest BCUT2D eigenvalue weighted by atomic mass is 19.4. The molecule has 0 aliphatic carbocycles. The van der Waals surface area contributed by atoms with E-state index in [-0.39, 0.29) is 13.2 Å². The van der Waals surface area contributed by atoms with Crippen LogP contribution < -0.4 is 5.32 Å². The Morgan fingerprint density at radius 3 is 2.54 bits per heavy atom. The van der Waals surface area contributed by atoms with E-state index in [9.17, 15) is 13.2 Å². The summed E-state index contributed by atoms with van der Waals surface area (Å²) in [7, 11) is 0. The van der Waals surface area contributed by atoms with Crippen LogP contribution in [0.25, 0.3) is 0 Å². The molecule has 0 spiro atoms. The van der Waals surface area contributed by atoms with E-state index in [0.29, 0.717) is 13.0 Å². The predicted molar refractivity (Wildman–Crippen MR) is 42.9 cm³/mol. The van der Waals surface area contributed by atoms with Gasteiger partial charge in [0, 0.05) is 13.0 Å². The van der Waals surface area contributed by atoms with Gasteiger partial charge in [0.15, 0.2) is 0 Å². The molecule has 0 aromatic carbocycles. The minimum absolute atomic E-state index is 0.185. The first kappa shape index (κ1) is 12.3. The Balaban J connectivity index is 3.05. The molecule has 0 heterocycles. The van der Waals surface area contributed by atoms with Gasteiger partial charge in [0.2, 0.25) is 0 Å². The molecule has 0 aliphatic heterocycles. The molecule has 0 bridgehead atoms. The Kier molecular flexibility index (Phi) is 6.37. The van der Waals surface area contributed by atoms with Crippen LogP contribution in [0.15, 0.2) is 0 Å². The molecule has 2 nitrogen and oxygen atoms in total. The third-order valence-corrected chi connectivity index (χ3v) is 1.22. The van der Waals surface area contributed by atoms with Gasteiger partial charge in [-0.1, -0.05) is 0 Å². The molecule has 0 aliphatic rings. The molecule has 1 N–H and O–H groups in total. The van der Waals surface area contributed by atoms with Crippen molar-refractivity contribution in [3.05, 3.63) is 0 Å². The molecule has 0 unspecified atom stereocenters. The summed E-state index contributed by atoms with van der Waals surface area (Å²) in [5, 5.41) is 2.77. The van der Waals surface area contributed by atoms with E-state index >= 15 is 0 Å². The van der Waals surface area contributed by atoms with E-state index in [1.54, 1.807) is 0 Å². The van der Waals surface area contributed by atoms with Crippen LogP contribution in [0.3, 0.4) is 0 Å². The van der Waals surface area contributed by atoms with Crippen molar-refractivity contribution in [2.24, 2.45) is 0 Å². The van der Waals surface area contributed by atoms with Gasteiger partial charge in [0.05, 0.1) is 6.61 Å². The lowest BCUT2D eigenvalue weighted by Gasteiger charge is -2.07. The van der Waals surface area contributed by atoms with Gasteiger partial charge in [-0.25, -0.2) is 0 Å². The second-order valence-corrected chi connectivity index (χ2v) is 2.35. The van der Waals surface area contributed by atoms with Crippen LogP contribution in [-0.2, 0) is 4.74 Å². The number of unbranched alkanes of at least 4 members (excludes halogenated alkanes) is 1. The molecule has 0 saturated carbocycles. The maximum atomic E-state index is 11.4. The van der Waals surface area contributed by atoms with E-state index in [1.807, 2.05) is 0 Å². The fourth-order valence-electron chi connectivity index (χ4n) is 0.679. The van der Waals surface area contributed by atoms with Gasteiger partial charge in [0.25, 0.3) is 0 Å². The zero-order chi connectivity index (χ0) is 10.2. The zero-order valence-electron chi connectivity index (χ0n) is 7.16. The number of hydrogen-bond acceptors (Lipinski definition) is 2. The van der Waals surface area contributed by atoms with Gasteiger partial charge in [-0.05, 0) is 13.0 Å². The van der Waals surface area contributed by atoms with E-state index in [1.165, 1.54) is 0 Å². The number of hydrogen-bond donors (Lipinski definition) is 1. The van der Waals surface area contributed by atoms with Gasteiger partial charge < -0.3 is 5.32 Å². The number of halogens is 3. The van der Waals surface area contributed by atoms with Crippen LogP contribution in [0.5, 0.6) is 0 Å². The first-order chi connectivity index (χ1) is 6.06. The summed E-state index contributed by atoms with van der Waals surface area (Å²) in [6.45, 7) is 0.440. The number of nitrogens with one attached hydrogen (secondary N) is 1. The van der Waals surface area contributed by atoms with E-state index in [2.05, 4.69) is 16.0 Å². The SMILES string of the molecule is C#CCCCNCCOC(F)(F)F. The minimum Gasteiger partial charge on any atom is -0.314 e. The van der Waals surface area contributed by atoms with Crippen LogP contribution in [0, 0.1) is 12.3 Å². The molecule has 0 saturated heterocycles. The van der Waals surface area contributed by atoms with E-state index in [4.69, 9.17) is 6.42 Å². The fourth-order valence-corrected chi connectivity index (χ4v) is 0.679. The Morgan fingerprint density at radius 1 is 1.31 bits per heavy atom. The van der Waals surface area contributed by atoms with Gasteiger partial charge in [-0.2, -0.15) is 0 Å². The van der Waals surface area contributed by atoms with Gasteiger partial charge >= 0.3 is 6.36 Å². The van der Waals surface area contributed by atoms with Crippen LogP contribution in [0.4, 0.5) is 13.2 Å². The van der Waals surface area contributed by atoms with Crippen molar-refractivity contribution in [1.29, 1.82) is 0 Å². The van der Waals surface area contributed by atoms with Crippen molar-refractivity contribution in [3.63, 3.8) is 0 Å². The van der Waals surface area contributed by atoms with Crippen molar-refractivity contribution in [2.45, 2.75) is 19.2 Å². The van der Waals surface area contributed by atoms with E-state index in [0.717, 1.165) is 6.42 Å². The molecule has 0 fully saturated rings. The summed E-state index contributed by atoms with van der Waals surface area (Å²) < 4.78 is 37.8. The number of ether oxygens (including phenoxy) is 1. The third-order valence-electron chi connectivity index (χ3n) is 1.22. The summed E-state index contributed by atoms with van der Waals surface area (Å²) in [4.78, 5) is 0. The molecule has 5 heteroatoms. The highest BCUT2D eigenvalue weighted by Gasteiger charge is 2.28. The molecule has 13 heavy (non-hydrogen) atoms. The lowest BCUT2D eigenvalue weighted by atomic mass is 10.3. The average Bonchev–Trinajstić information content (AvgIpc) is 2.01. The maximum absolute atomic E-state index is 11.4. The molecule has 0 rings (SSSR count). The van der Waals surface area contributed by atoms with Crippen LogP contribution in [0.1, 0.15) is 12.8 Å². The third kappa shape index (κ3) is 11.3. The summed E-state index contributed by atoms with van der Waals surface area (Å²) in [5.41, 5.74) is 0. The Labute approximate surface area is 75.5 Å². The fraction of sp³-hybridized carbons (Fsp3) is 0.750. The largest absolute Gasteiger partial charge is 0.522 e. The van der Waals surface area contributed by atoms with Crippen molar-refractivity contribution in [2.75, 3.05) is 19.7 Å². The number of terminal acetylenes is 1. The van der Waals surface area contributed by atoms with Crippen LogP contribution in [-0.4, -0.2) is 26.1 Å². The predicted octanol–water partition coefficient (Wildman–Crippen LogP) is 1.53. The monoisotopic (exact) mass is 195 g/mol. The minimum atomic E-state index is -4.53. The first-order valence-corrected chi connectivity index (χ1v) is 3.91. The number of rotatable bonds is 6. The Hall–Kier alpha value is -0.730. The molecular weight excluding hydrogens is 183 g/mol. The molecule has 0 atom stereocenters. The molecule has 0 aromatic rings. The second kappa shape index (κ2) is 6.75. The molecular formula is C8H12F3NO. The quantitative estimate of drug-likeness (QED) is 0.512. The molecule has 0 aromatic heterocycles. The van der Waals surface area contributed by atoms with Gasteiger partial charge in [-0.15, -0.1) is 25.5 Å². The molecule has 0 radical (unpaired) electrons. The maximum Gasteiger partial charge on any atom is 0.522 e. The van der Waals surface area contributed by atoms with Crippen LogP contribution in [0.2, 0.25) is 0 Å². The first-order valence-electron chi connectivity index (χ1n) is 3.91. The Bertz CT molecular complexity index is 162. The summed E-state index contributed by atoms with van der Waals surface area (Å²) in [5.74, 6) is 2.43. The zero-order valence-corrected chi connectivity index (χ0v) is 7.16. The highest BCUT2D eigenvalue weighted by molar-refractivity contribution is 4.83. The second-order valence-electron chi connectivity index (χ2n) is 2.35. The van der Waals surface area contributed by atoms with Crippen LogP contribution >= 0.6 is 0 Å². The van der Waals surface area contributed by atoms with Crippen molar-refractivity contribution in [1.82, 2.24) is 5.32 Å². The molecule has 0 amide bonds. The van der Waals surface area contributed by atoms with Crippen molar-refractivity contribution >= 4 is 0 Å². The molecule has 76 valence electrons. The van der Waals surface area contributed by atoms with E-state index < -0.39 is 6.36 Å². The topological polar surface area (TPSA) is 21.3 Å². The standard InChI is InChI=1S/C8H12F3NO/c1-2-3-4-5-12-6-7-13-8(9,10)11/h1,12H,3-7H2. The van der Waals surface area contributed by atoms with Gasteiger partial charge in [0.1, 0.15) is 0 Å². The lowest BCUT2D eigenvalue weighted by Crippen LogP contribution is -2.24. The highest BCUT2D eigenvalue weighted by Crippen LogP contribution is 2.14. The lowest BCUT2D eigenvalue weighted by molar-refractivity contribution is -0.323. The van der Waals surface area contributed by atoms with Crippen molar-refractivity contribution in [3.8, 4) is 12.3 Å². The van der Waals surface area contributed by atoms with Crippen molar-refractivity contribution < 1.29 is 17.9 Å². The average molecular weight is 195 g/mol. The summed E-state index contributed by atoms with van der Waals surface area (Å²) in [6.07, 6.45) is 1.85. The summed E-state index contributed by atoms with van der Waals surface area (Å²) in [6, 6.07) is 0. The smallest absolute Gasteiger partial charge is 0.314 e.